The highest BCUT2D eigenvalue weighted by atomic mass is 35.5. The SMILES string of the molecule is CC(C)(C)OC(=O)N=S(C)(=O)Cc1cc(OCCCCNc2cc(-c3nc(Cl)ncc3F)ccc2F)cc([N+](=O)[O-])c1. The van der Waals surface area contributed by atoms with Crippen LogP contribution in [0.4, 0.5) is 25.0 Å². The third-order valence-electron chi connectivity index (χ3n) is 5.37. The van der Waals surface area contributed by atoms with E-state index in [4.69, 9.17) is 21.1 Å². The predicted molar refractivity (Wildman–Crippen MR) is 155 cm³/mol. The molecule has 1 atom stereocenters. The van der Waals surface area contributed by atoms with Crippen LogP contribution < -0.4 is 10.1 Å². The summed E-state index contributed by atoms with van der Waals surface area (Å²) >= 11 is 5.75. The first-order valence-corrected chi connectivity index (χ1v) is 15.1. The minimum Gasteiger partial charge on any atom is -0.493 e. The van der Waals surface area contributed by atoms with Gasteiger partial charge in [0.2, 0.25) is 5.28 Å². The molecule has 0 saturated heterocycles. The van der Waals surface area contributed by atoms with Gasteiger partial charge in [-0.3, -0.25) is 10.1 Å². The number of unbranched alkanes of at least 4 members (excludes halogenated alkanes) is 1. The van der Waals surface area contributed by atoms with Gasteiger partial charge in [-0.25, -0.2) is 27.8 Å². The molecule has 0 radical (unpaired) electrons. The summed E-state index contributed by atoms with van der Waals surface area (Å²) in [4.78, 5) is 30.3. The Morgan fingerprint density at radius 2 is 1.90 bits per heavy atom. The fourth-order valence-electron chi connectivity index (χ4n) is 3.69. The van der Waals surface area contributed by atoms with Gasteiger partial charge in [-0.15, -0.1) is 4.36 Å². The number of carbonyl (C=O) groups is 1. The summed E-state index contributed by atoms with van der Waals surface area (Å²) in [5, 5.41) is 14.2. The van der Waals surface area contributed by atoms with Crippen LogP contribution in [0.25, 0.3) is 11.3 Å². The molecule has 3 rings (SSSR count). The molecule has 1 unspecified atom stereocenters. The standard InChI is InChI=1S/C27H30ClF2N5O6S/c1-27(2,3)41-26(36)34-42(4,39)16-17-11-19(35(37)38)14-20(12-17)40-10-6-5-9-31-23-13-18(7-8-21(23)29)24-22(30)15-32-25(28)33-24/h7-8,11-15,31H,5-6,9-10,16H2,1-4H3. The Balaban J connectivity index is 1.59. The molecule has 11 nitrogen and oxygen atoms in total. The van der Waals surface area contributed by atoms with E-state index in [-0.39, 0.29) is 40.5 Å². The number of aromatic nitrogens is 2. The smallest absolute Gasteiger partial charge is 0.442 e. The average Bonchev–Trinajstić information content (AvgIpc) is 2.86. The predicted octanol–water partition coefficient (Wildman–Crippen LogP) is 6.79. The molecule has 226 valence electrons. The number of hydrogen-bond donors (Lipinski definition) is 1. The largest absolute Gasteiger partial charge is 0.493 e. The Morgan fingerprint density at radius 3 is 2.60 bits per heavy atom. The number of anilines is 1. The highest BCUT2D eigenvalue weighted by Gasteiger charge is 2.19. The van der Waals surface area contributed by atoms with Gasteiger partial charge in [0.05, 0.1) is 45.0 Å². The van der Waals surface area contributed by atoms with Crippen LogP contribution in [0.5, 0.6) is 5.75 Å². The molecule has 0 spiro atoms. The number of halogens is 3. The summed E-state index contributed by atoms with van der Waals surface area (Å²) in [6, 6.07) is 7.97. The first-order valence-electron chi connectivity index (χ1n) is 12.7. The van der Waals surface area contributed by atoms with Gasteiger partial charge >= 0.3 is 6.09 Å². The quantitative estimate of drug-likeness (QED) is 0.105. The van der Waals surface area contributed by atoms with Gasteiger partial charge in [0, 0.05) is 24.4 Å². The zero-order valence-corrected chi connectivity index (χ0v) is 24.9. The molecular weight excluding hydrogens is 596 g/mol. The molecule has 2 aromatic carbocycles. The third-order valence-corrected chi connectivity index (χ3v) is 6.95. The van der Waals surface area contributed by atoms with Crippen LogP contribution >= 0.6 is 11.6 Å². The lowest BCUT2D eigenvalue weighted by molar-refractivity contribution is -0.385. The molecule has 0 aliphatic carbocycles. The van der Waals surface area contributed by atoms with Crippen molar-refractivity contribution in [3.05, 3.63) is 75.2 Å². The van der Waals surface area contributed by atoms with Crippen molar-refractivity contribution in [1.29, 1.82) is 0 Å². The van der Waals surface area contributed by atoms with Gasteiger partial charge in [-0.05, 0) is 75.0 Å². The molecule has 1 amide bonds. The molecule has 0 aliphatic heterocycles. The maximum absolute atomic E-state index is 14.3. The Kier molecular flexibility index (Phi) is 10.7. The van der Waals surface area contributed by atoms with Crippen LogP contribution in [-0.2, 0) is 20.2 Å². The molecule has 42 heavy (non-hydrogen) atoms. The second-order valence-electron chi connectivity index (χ2n) is 10.3. The second kappa shape index (κ2) is 13.8. The maximum Gasteiger partial charge on any atom is 0.442 e. The minimum absolute atomic E-state index is 0.0554. The van der Waals surface area contributed by atoms with E-state index in [9.17, 15) is 27.9 Å². The topological polar surface area (TPSA) is 146 Å². The summed E-state index contributed by atoms with van der Waals surface area (Å²) in [6.45, 7) is 5.47. The van der Waals surface area contributed by atoms with E-state index < -0.39 is 38.0 Å². The van der Waals surface area contributed by atoms with Crippen LogP contribution in [0.2, 0.25) is 5.28 Å². The number of ether oxygens (including phenoxy) is 2. The van der Waals surface area contributed by atoms with Crippen LogP contribution in [0.3, 0.4) is 0 Å². The van der Waals surface area contributed by atoms with E-state index >= 15 is 0 Å². The molecule has 0 saturated carbocycles. The summed E-state index contributed by atoms with van der Waals surface area (Å²) in [5.41, 5.74) is -0.375. The second-order valence-corrected chi connectivity index (χ2v) is 13.0. The van der Waals surface area contributed by atoms with E-state index in [0.717, 1.165) is 6.20 Å². The zero-order chi connectivity index (χ0) is 31.1. The number of nitro benzene ring substituents is 1. The number of rotatable bonds is 11. The van der Waals surface area contributed by atoms with Gasteiger partial charge in [0.15, 0.2) is 5.82 Å². The fourth-order valence-corrected chi connectivity index (χ4v) is 5.03. The maximum atomic E-state index is 14.3. The average molecular weight is 626 g/mol. The molecule has 0 fully saturated rings. The normalized spacial score (nSPS) is 12.7. The number of non-ortho nitro benzene ring substituents is 1. The number of nitro groups is 1. The lowest BCUT2D eigenvalue weighted by Gasteiger charge is -2.17. The molecular formula is C27H30ClF2N5O6S. The Bertz CT molecular complexity index is 1590. The van der Waals surface area contributed by atoms with E-state index in [1.165, 1.54) is 42.7 Å². The number of amides is 1. The van der Waals surface area contributed by atoms with Gasteiger partial charge in [0.25, 0.3) is 5.69 Å². The van der Waals surface area contributed by atoms with Crippen LogP contribution in [0.15, 0.2) is 47.0 Å². The minimum atomic E-state index is -3.10. The van der Waals surface area contributed by atoms with E-state index in [2.05, 4.69) is 19.6 Å². The summed E-state index contributed by atoms with van der Waals surface area (Å²) in [7, 11) is -3.10. The van der Waals surface area contributed by atoms with Crippen molar-refractivity contribution in [2.75, 3.05) is 24.7 Å². The number of carbonyl (C=O) groups excluding carboxylic acids is 1. The van der Waals surface area contributed by atoms with Crippen molar-refractivity contribution in [2.24, 2.45) is 4.36 Å². The van der Waals surface area contributed by atoms with Crippen molar-refractivity contribution in [2.45, 2.75) is 45.0 Å². The van der Waals surface area contributed by atoms with Crippen molar-refractivity contribution < 1.29 is 32.2 Å². The number of benzene rings is 2. The van der Waals surface area contributed by atoms with Gasteiger partial charge in [-0.2, -0.15) is 0 Å². The summed E-state index contributed by atoms with van der Waals surface area (Å²) in [6.07, 6.45) is 2.26. The summed E-state index contributed by atoms with van der Waals surface area (Å²) < 4.78 is 55.7. The zero-order valence-electron chi connectivity index (χ0n) is 23.4. The van der Waals surface area contributed by atoms with Gasteiger partial charge in [0.1, 0.15) is 22.9 Å². The lowest BCUT2D eigenvalue weighted by atomic mass is 10.1. The van der Waals surface area contributed by atoms with Crippen LogP contribution in [-0.4, -0.2) is 50.2 Å². The molecule has 1 heterocycles. The molecule has 1 aromatic heterocycles. The Morgan fingerprint density at radius 1 is 1.17 bits per heavy atom. The molecule has 3 aromatic rings. The Hall–Kier alpha value is -3.91. The van der Waals surface area contributed by atoms with Crippen molar-refractivity contribution >= 4 is 38.8 Å². The van der Waals surface area contributed by atoms with Gasteiger partial charge < -0.3 is 14.8 Å². The summed E-state index contributed by atoms with van der Waals surface area (Å²) in [5.74, 6) is -1.28. The molecule has 1 N–H and O–H groups in total. The van der Waals surface area contributed by atoms with Crippen molar-refractivity contribution in [3.8, 4) is 17.0 Å². The van der Waals surface area contributed by atoms with Crippen molar-refractivity contribution in [1.82, 2.24) is 9.97 Å². The monoisotopic (exact) mass is 625 g/mol. The molecule has 0 aliphatic rings. The van der Waals surface area contributed by atoms with Crippen molar-refractivity contribution in [3.63, 3.8) is 0 Å². The van der Waals surface area contributed by atoms with E-state index in [1.807, 2.05) is 0 Å². The van der Waals surface area contributed by atoms with Crippen LogP contribution in [0.1, 0.15) is 39.2 Å². The molecule has 0 bridgehead atoms. The number of nitrogens with zero attached hydrogens (tertiary/aromatic N) is 4. The Labute approximate surface area is 247 Å². The lowest BCUT2D eigenvalue weighted by Crippen LogP contribution is -2.22. The third kappa shape index (κ3) is 10.2. The van der Waals surface area contributed by atoms with E-state index in [1.54, 1.807) is 20.8 Å². The van der Waals surface area contributed by atoms with E-state index in [0.29, 0.717) is 30.5 Å². The first kappa shape index (κ1) is 32.6. The first-order chi connectivity index (χ1) is 19.6. The fraction of sp³-hybridized carbons (Fsp3) is 0.370. The van der Waals surface area contributed by atoms with Gasteiger partial charge in [-0.1, -0.05) is 0 Å². The highest BCUT2D eigenvalue weighted by molar-refractivity contribution is 7.92. The van der Waals surface area contributed by atoms with Crippen LogP contribution in [0, 0.1) is 21.7 Å². The number of nitrogens with one attached hydrogen (secondary N) is 1. The highest BCUT2D eigenvalue weighted by Crippen LogP contribution is 2.27. The number of hydrogen-bond acceptors (Lipinski definition) is 9. The molecule has 15 heteroatoms.